The predicted octanol–water partition coefficient (Wildman–Crippen LogP) is 1.74. The Morgan fingerprint density at radius 2 is 2.08 bits per heavy atom. The molecular weight excluding hydrogens is 342 g/mol. The monoisotopic (exact) mass is 365 g/mol. The van der Waals surface area contributed by atoms with Crippen molar-refractivity contribution in [2.75, 3.05) is 26.7 Å². The minimum atomic E-state index is -0.229. The number of amides is 1. The second-order valence-electron chi connectivity index (χ2n) is 5.91. The molecule has 1 aliphatic heterocycles. The van der Waals surface area contributed by atoms with E-state index in [0.717, 1.165) is 31.5 Å². The number of hydrogen-bond donors (Lipinski definition) is 2. The Morgan fingerprint density at radius 1 is 1.36 bits per heavy atom. The number of nitrogens with one attached hydrogen (secondary N) is 2. The number of piperidine rings is 1. The van der Waals surface area contributed by atoms with Crippen LogP contribution in [-0.4, -0.2) is 47.6 Å². The van der Waals surface area contributed by atoms with Crippen LogP contribution in [0.2, 0.25) is 0 Å². The van der Waals surface area contributed by atoms with Gasteiger partial charge in [-0.1, -0.05) is 35.5 Å². The summed E-state index contributed by atoms with van der Waals surface area (Å²) in [5.74, 6) is -0.229. The first-order chi connectivity index (χ1) is 11.8. The quantitative estimate of drug-likeness (QED) is 0.815. The molecule has 2 heterocycles. The van der Waals surface area contributed by atoms with Gasteiger partial charge in [0, 0.05) is 13.7 Å². The Morgan fingerprint density at radius 3 is 2.76 bits per heavy atom. The van der Waals surface area contributed by atoms with Gasteiger partial charge in [-0.3, -0.25) is 4.79 Å². The third-order valence-electron chi connectivity index (χ3n) is 4.33. The first kappa shape index (κ1) is 19.4. The molecule has 1 aromatic carbocycles. The van der Waals surface area contributed by atoms with Gasteiger partial charge < -0.3 is 15.4 Å². The SMILES string of the molecule is COC(CNC(=O)c1cn(C2CCNCC2)nn1)c1ccccc1.Cl. The van der Waals surface area contributed by atoms with Crippen molar-refractivity contribution in [2.45, 2.75) is 25.0 Å². The average Bonchev–Trinajstić information content (AvgIpc) is 3.14. The van der Waals surface area contributed by atoms with Crippen molar-refractivity contribution in [1.82, 2.24) is 25.6 Å². The molecule has 1 unspecified atom stereocenters. The number of ether oxygens (including phenoxy) is 1. The van der Waals surface area contributed by atoms with E-state index in [9.17, 15) is 4.79 Å². The molecule has 1 saturated heterocycles. The summed E-state index contributed by atoms with van der Waals surface area (Å²) in [5.41, 5.74) is 1.37. The molecule has 1 amide bonds. The average molecular weight is 366 g/mol. The Balaban J connectivity index is 0.00000225. The van der Waals surface area contributed by atoms with Gasteiger partial charge in [0.15, 0.2) is 5.69 Å². The van der Waals surface area contributed by atoms with E-state index >= 15 is 0 Å². The lowest BCUT2D eigenvalue weighted by atomic mass is 10.1. The van der Waals surface area contributed by atoms with Crippen molar-refractivity contribution in [3.8, 4) is 0 Å². The fraction of sp³-hybridized carbons (Fsp3) is 0.471. The van der Waals surface area contributed by atoms with Crippen LogP contribution in [0.25, 0.3) is 0 Å². The molecule has 0 saturated carbocycles. The molecule has 1 aromatic heterocycles. The van der Waals surface area contributed by atoms with E-state index in [0.29, 0.717) is 18.3 Å². The maximum Gasteiger partial charge on any atom is 0.273 e. The highest BCUT2D eigenvalue weighted by Gasteiger charge is 2.19. The molecule has 3 rings (SSSR count). The minimum Gasteiger partial charge on any atom is -0.375 e. The molecule has 0 spiro atoms. The van der Waals surface area contributed by atoms with Crippen LogP contribution >= 0.6 is 12.4 Å². The summed E-state index contributed by atoms with van der Waals surface area (Å²) in [4.78, 5) is 12.3. The summed E-state index contributed by atoms with van der Waals surface area (Å²) < 4.78 is 7.27. The molecule has 2 N–H and O–H groups in total. The number of nitrogens with zero attached hydrogens (tertiary/aromatic N) is 3. The van der Waals surface area contributed by atoms with Gasteiger partial charge >= 0.3 is 0 Å². The molecule has 2 aromatic rings. The second kappa shape index (κ2) is 9.50. The summed E-state index contributed by atoms with van der Waals surface area (Å²) in [6, 6.07) is 10.1. The van der Waals surface area contributed by atoms with Crippen LogP contribution in [0.15, 0.2) is 36.5 Å². The highest BCUT2D eigenvalue weighted by atomic mass is 35.5. The summed E-state index contributed by atoms with van der Waals surface area (Å²) in [6.45, 7) is 2.33. The topological polar surface area (TPSA) is 81.1 Å². The summed E-state index contributed by atoms with van der Waals surface area (Å²) in [6.07, 6.45) is 3.55. The van der Waals surface area contributed by atoms with Gasteiger partial charge in [-0.15, -0.1) is 17.5 Å². The number of aromatic nitrogens is 3. The lowest BCUT2D eigenvalue weighted by Gasteiger charge is -2.22. The molecule has 0 aliphatic carbocycles. The first-order valence-electron chi connectivity index (χ1n) is 8.26. The van der Waals surface area contributed by atoms with Gasteiger partial charge in [0.1, 0.15) is 0 Å². The molecule has 1 atom stereocenters. The van der Waals surface area contributed by atoms with E-state index < -0.39 is 0 Å². The summed E-state index contributed by atoms with van der Waals surface area (Å²) >= 11 is 0. The van der Waals surface area contributed by atoms with Gasteiger partial charge in [-0.2, -0.15) is 0 Å². The number of benzene rings is 1. The second-order valence-corrected chi connectivity index (χ2v) is 5.91. The highest BCUT2D eigenvalue weighted by molar-refractivity contribution is 5.91. The molecule has 1 aliphatic rings. The minimum absolute atomic E-state index is 0. The lowest BCUT2D eigenvalue weighted by molar-refractivity contribution is 0.0824. The third-order valence-corrected chi connectivity index (χ3v) is 4.33. The molecule has 7 nitrogen and oxygen atoms in total. The number of hydrogen-bond acceptors (Lipinski definition) is 5. The van der Waals surface area contributed by atoms with Crippen molar-refractivity contribution >= 4 is 18.3 Å². The smallest absolute Gasteiger partial charge is 0.273 e. The standard InChI is InChI=1S/C17H23N5O2.ClH/c1-24-16(13-5-3-2-4-6-13)11-19-17(23)15-12-22(21-20-15)14-7-9-18-10-8-14;/h2-6,12,14,16,18H,7-11H2,1H3,(H,19,23);1H. The van der Waals surface area contributed by atoms with Crippen LogP contribution in [-0.2, 0) is 4.74 Å². The van der Waals surface area contributed by atoms with Crippen LogP contribution in [0, 0.1) is 0 Å². The van der Waals surface area contributed by atoms with Gasteiger partial charge in [0.2, 0.25) is 0 Å². The van der Waals surface area contributed by atoms with Crippen molar-refractivity contribution in [1.29, 1.82) is 0 Å². The normalized spacial score (nSPS) is 16.0. The Kier molecular flexibility index (Phi) is 7.36. The van der Waals surface area contributed by atoms with Crippen molar-refractivity contribution < 1.29 is 9.53 Å². The zero-order chi connectivity index (χ0) is 16.8. The molecule has 1 fully saturated rings. The fourth-order valence-electron chi connectivity index (χ4n) is 2.91. The largest absolute Gasteiger partial charge is 0.375 e. The van der Waals surface area contributed by atoms with Crippen molar-refractivity contribution in [2.24, 2.45) is 0 Å². The molecular formula is C17H24ClN5O2. The van der Waals surface area contributed by atoms with E-state index in [-0.39, 0.29) is 24.4 Å². The summed E-state index contributed by atoms with van der Waals surface area (Å²) in [5, 5.41) is 14.3. The highest BCUT2D eigenvalue weighted by Crippen LogP contribution is 2.17. The number of rotatable bonds is 6. The van der Waals surface area contributed by atoms with Crippen LogP contribution in [0.3, 0.4) is 0 Å². The zero-order valence-electron chi connectivity index (χ0n) is 14.2. The van der Waals surface area contributed by atoms with E-state index in [2.05, 4.69) is 20.9 Å². The predicted molar refractivity (Wildman–Crippen MR) is 96.9 cm³/mol. The van der Waals surface area contributed by atoms with Crippen LogP contribution < -0.4 is 10.6 Å². The maximum absolute atomic E-state index is 12.3. The lowest BCUT2D eigenvalue weighted by Crippen LogP contribution is -2.30. The van der Waals surface area contributed by atoms with Gasteiger partial charge in [0.05, 0.1) is 18.3 Å². The van der Waals surface area contributed by atoms with Crippen LogP contribution in [0.1, 0.15) is 41.0 Å². The fourth-order valence-corrected chi connectivity index (χ4v) is 2.91. The Hall–Kier alpha value is -1.96. The number of halogens is 1. The molecule has 0 radical (unpaired) electrons. The molecule has 25 heavy (non-hydrogen) atoms. The Labute approximate surface area is 153 Å². The third kappa shape index (κ3) is 5.01. The van der Waals surface area contributed by atoms with Crippen LogP contribution in [0.5, 0.6) is 0 Å². The molecule has 8 heteroatoms. The van der Waals surface area contributed by atoms with E-state index in [1.165, 1.54) is 0 Å². The van der Waals surface area contributed by atoms with E-state index in [1.807, 2.05) is 30.3 Å². The number of carbonyl (C=O) groups excluding carboxylic acids is 1. The maximum atomic E-state index is 12.3. The molecule has 0 bridgehead atoms. The van der Waals surface area contributed by atoms with E-state index in [4.69, 9.17) is 4.74 Å². The van der Waals surface area contributed by atoms with Crippen molar-refractivity contribution in [3.63, 3.8) is 0 Å². The van der Waals surface area contributed by atoms with Crippen LogP contribution in [0.4, 0.5) is 0 Å². The summed E-state index contributed by atoms with van der Waals surface area (Å²) in [7, 11) is 1.64. The van der Waals surface area contributed by atoms with Crippen molar-refractivity contribution in [3.05, 3.63) is 47.8 Å². The number of methoxy groups -OCH3 is 1. The van der Waals surface area contributed by atoms with Gasteiger partial charge in [0.25, 0.3) is 5.91 Å². The van der Waals surface area contributed by atoms with E-state index in [1.54, 1.807) is 18.0 Å². The first-order valence-corrected chi connectivity index (χ1v) is 8.26. The Bertz CT molecular complexity index is 658. The number of carbonyl (C=O) groups is 1. The van der Waals surface area contributed by atoms with Gasteiger partial charge in [-0.25, -0.2) is 4.68 Å². The van der Waals surface area contributed by atoms with Gasteiger partial charge in [-0.05, 0) is 31.5 Å². The zero-order valence-corrected chi connectivity index (χ0v) is 15.0. The molecule has 136 valence electrons.